The number of rotatable bonds is 1. The third-order valence-corrected chi connectivity index (χ3v) is 3.77. The van der Waals surface area contributed by atoms with Crippen LogP contribution in [0, 0.1) is 5.92 Å². The first-order valence-corrected chi connectivity index (χ1v) is 7.08. The van der Waals surface area contributed by atoms with Gasteiger partial charge in [0.2, 0.25) is 0 Å². The van der Waals surface area contributed by atoms with Crippen LogP contribution in [0.3, 0.4) is 0 Å². The quantitative estimate of drug-likeness (QED) is 0.811. The molecule has 1 atom stereocenters. The van der Waals surface area contributed by atoms with E-state index in [1.165, 1.54) is 6.42 Å². The Morgan fingerprint density at radius 3 is 2.94 bits per heavy atom. The van der Waals surface area contributed by atoms with E-state index >= 15 is 0 Å². The predicted octanol–water partition coefficient (Wildman–Crippen LogP) is 2.69. The molecule has 0 aliphatic carbocycles. The molecule has 1 aliphatic rings. The summed E-state index contributed by atoms with van der Waals surface area (Å²) in [6.45, 7) is 3.91. The molecule has 1 aliphatic heterocycles. The molecular weight excluding hydrogens is 294 g/mol. The van der Waals surface area contributed by atoms with Crippen LogP contribution in [0.2, 0.25) is 0 Å². The molecule has 1 amide bonds. The highest BCUT2D eigenvalue weighted by Crippen LogP contribution is 2.20. The summed E-state index contributed by atoms with van der Waals surface area (Å²) in [5.41, 5.74) is 6.28. The Morgan fingerprint density at radius 1 is 1.44 bits per heavy atom. The molecule has 2 rings (SSSR count). The largest absolute Gasteiger partial charge is 0.384 e. The number of nitrogen functional groups attached to an aromatic ring is 1. The highest BCUT2D eigenvalue weighted by Gasteiger charge is 2.20. The molecule has 1 aromatic rings. The highest BCUT2D eigenvalue weighted by atomic mass is 79.9. The predicted molar refractivity (Wildman–Crippen MR) is 75.3 cm³/mol. The van der Waals surface area contributed by atoms with E-state index in [9.17, 15) is 4.79 Å². The third-order valence-electron chi connectivity index (χ3n) is 3.36. The molecule has 4 nitrogen and oxygen atoms in total. The number of anilines is 1. The van der Waals surface area contributed by atoms with E-state index in [1.54, 1.807) is 12.1 Å². The first-order valence-electron chi connectivity index (χ1n) is 6.28. The lowest BCUT2D eigenvalue weighted by molar-refractivity contribution is 0.0760. The minimum absolute atomic E-state index is 0.0545. The molecule has 0 spiro atoms. The minimum Gasteiger partial charge on any atom is -0.384 e. The van der Waals surface area contributed by atoms with Gasteiger partial charge in [0.1, 0.15) is 10.4 Å². The Hall–Kier alpha value is -1.10. The first kappa shape index (κ1) is 13.3. The molecule has 98 valence electrons. The lowest BCUT2D eigenvalue weighted by Crippen LogP contribution is -2.32. The van der Waals surface area contributed by atoms with E-state index in [2.05, 4.69) is 27.8 Å². The monoisotopic (exact) mass is 311 g/mol. The van der Waals surface area contributed by atoms with Gasteiger partial charge in [0.05, 0.1) is 0 Å². The molecule has 0 aromatic carbocycles. The van der Waals surface area contributed by atoms with Crippen LogP contribution in [-0.4, -0.2) is 28.9 Å². The Morgan fingerprint density at radius 2 is 2.22 bits per heavy atom. The fourth-order valence-corrected chi connectivity index (χ4v) is 2.74. The summed E-state index contributed by atoms with van der Waals surface area (Å²) in [6.07, 6.45) is 3.36. The second-order valence-corrected chi connectivity index (χ2v) is 5.74. The van der Waals surface area contributed by atoms with E-state index in [-0.39, 0.29) is 5.91 Å². The van der Waals surface area contributed by atoms with E-state index in [0.717, 1.165) is 25.9 Å². The van der Waals surface area contributed by atoms with Gasteiger partial charge in [-0.2, -0.15) is 0 Å². The van der Waals surface area contributed by atoms with Crippen LogP contribution in [0.5, 0.6) is 0 Å². The van der Waals surface area contributed by atoms with Crippen molar-refractivity contribution in [1.82, 2.24) is 9.88 Å². The van der Waals surface area contributed by atoms with Crippen molar-refractivity contribution in [2.75, 3.05) is 18.8 Å². The van der Waals surface area contributed by atoms with E-state index < -0.39 is 0 Å². The van der Waals surface area contributed by atoms with E-state index in [1.807, 2.05) is 4.90 Å². The number of hydrogen-bond acceptors (Lipinski definition) is 3. The summed E-state index contributed by atoms with van der Waals surface area (Å²) in [6, 6.07) is 3.37. The van der Waals surface area contributed by atoms with Crippen molar-refractivity contribution in [2.45, 2.75) is 26.2 Å². The second-order valence-electron chi connectivity index (χ2n) is 4.93. The van der Waals surface area contributed by atoms with Crippen molar-refractivity contribution in [3.63, 3.8) is 0 Å². The van der Waals surface area contributed by atoms with Gasteiger partial charge in [-0.05, 0) is 53.2 Å². The van der Waals surface area contributed by atoms with Gasteiger partial charge in [0.25, 0.3) is 5.91 Å². The highest BCUT2D eigenvalue weighted by molar-refractivity contribution is 9.10. The summed E-state index contributed by atoms with van der Waals surface area (Å²) in [5, 5.41) is 0. The van der Waals surface area contributed by atoms with Gasteiger partial charge in [-0.3, -0.25) is 4.79 Å². The number of halogens is 1. The van der Waals surface area contributed by atoms with Crippen LogP contribution in [0.1, 0.15) is 36.5 Å². The van der Waals surface area contributed by atoms with Crippen molar-refractivity contribution in [3.8, 4) is 0 Å². The number of pyridine rings is 1. The van der Waals surface area contributed by atoms with Gasteiger partial charge in [-0.25, -0.2) is 4.98 Å². The summed E-state index contributed by atoms with van der Waals surface area (Å²) in [5.74, 6) is 1.13. The summed E-state index contributed by atoms with van der Waals surface area (Å²) >= 11 is 3.27. The van der Waals surface area contributed by atoms with Gasteiger partial charge in [-0.15, -0.1) is 0 Å². The minimum atomic E-state index is 0.0545. The lowest BCUT2D eigenvalue weighted by Gasteiger charge is -2.20. The number of likely N-dealkylation sites (tertiary alicyclic amines) is 1. The zero-order valence-corrected chi connectivity index (χ0v) is 12.1. The molecule has 2 N–H and O–H groups in total. The molecule has 0 bridgehead atoms. The molecule has 1 aromatic heterocycles. The molecule has 0 saturated carbocycles. The standard InChI is InChI=1S/C13H18BrN3O/c1-9-3-2-5-17(6-4-9)13(18)10-7-11(14)16-12(15)8-10/h7-9H,2-6H2,1H3,(H2,15,16). The molecule has 1 saturated heterocycles. The lowest BCUT2D eigenvalue weighted by atomic mass is 10.0. The second kappa shape index (κ2) is 5.69. The van der Waals surface area contributed by atoms with Gasteiger partial charge < -0.3 is 10.6 Å². The van der Waals surface area contributed by atoms with Gasteiger partial charge in [-0.1, -0.05) is 6.92 Å². The van der Waals surface area contributed by atoms with E-state index in [0.29, 0.717) is 21.9 Å². The summed E-state index contributed by atoms with van der Waals surface area (Å²) in [7, 11) is 0. The number of aromatic nitrogens is 1. The Balaban J connectivity index is 2.14. The fraction of sp³-hybridized carbons (Fsp3) is 0.538. The van der Waals surface area contributed by atoms with Crippen molar-refractivity contribution >= 4 is 27.7 Å². The van der Waals surface area contributed by atoms with Gasteiger partial charge in [0, 0.05) is 18.7 Å². The smallest absolute Gasteiger partial charge is 0.254 e. The SMILES string of the molecule is CC1CCCN(C(=O)c2cc(N)nc(Br)c2)CC1. The van der Waals surface area contributed by atoms with Crippen molar-refractivity contribution in [3.05, 3.63) is 22.3 Å². The van der Waals surface area contributed by atoms with Crippen LogP contribution < -0.4 is 5.73 Å². The van der Waals surface area contributed by atoms with Gasteiger partial charge >= 0.3 is 0 Å². The molecule has 0 radical (unpaired) electrons. The number of hydrogen-bond donors (Lipinski definition) is 1. The Bertz CT molecular complexity index is 430. The van der Waals surface area contributed by atoms with Crippen molar-refractivity contribution < 1.29 is 4.79 Å². The molecule has 5 heteroatoms. The third kappa shape index (κ3) is 3.22. The van der Waals surface area contributed by atoms with Crippen LogP contribution in [-0.2, 0) is 0 Å². The zero-order valence-electron chi connectivity index (χ0n) is 10.5. The number of nitrogens with two attached hydrogens (primary N) is 1. The Labute approximate surface area is 116 Å². The maximum Gasteiger partial charge on any atom is 0.254 e. The Kier molecular flexibility index (Phi) is 4.22. The fourth-order valence-electron chi connectivity index (χ4n) is 2.29. The topological polar surface area (TPSA) is 59.2 Å². The summed E-state index contributed by atoms with van der Waals surface area (Å²) in [4.78, 5) is 18.3. The molecule has 1 fully saturated rings. The average molecular weight is 312 g/mol. The molecule has 1 unspecified atom stereocenters. The van der Waals surface area contributed by atoms with Crippen molar-refractivity contribution in [2.24, 2.45) is 5.92 Å². The number of amides is 1. The van der Waals surface area contributed by atoms with Gasteiger partial charge in [0.15, 0.2) is 0 Å². The first-order chi connectivity index (χ1) is 8.56. The normalized spacial score (nSPS) is 20.6. The number of carbonyl (C=O) groups excluding carboxylic acids is 1. The van der Waals surface area contributed by atoms with Crippen LogP contribution in [0.4, 0.5) is 5.82 Å². The molecular formula is C13H18BrN3O. The van der Waals surface area contributed by atoms with E-state index in [4.69, 9.17) is 5.73 Å². The number of nitrogens with zero attached hydrogens (tertiary/aromatic N) is 2. The average Bonchev–Trinajstić information content (AvgIpc) is 2.52. The number of carbonyl (C=O) groups is 1. The van der Waals surface area contributed by atoms with Crippen LogP contribution in [0.15, 0.2) is 16.7 Å². The van der Waals surface area contributed by atoms with Crippen molar-refractivity contribution in [1.29, 1.82) is 0 Å². The zero-order chi connectivity index (χ0) is 13.1. The van der Waals surface area contributed by atoms with Crippen LogP contribution >= 0.6 is 15.9 Å². The maximum absolute atomic E-state index is 12.4. The summed E-state index contributed by atoms with van der Waals surface area (Å²) < 4.78 is 0.606. The maximum atomic E-state index is 12.4. The van der Waals surface area contributed by atoms with Crippen LogP contribution in [0.25, 0.3) is 0 Å². The molecule has 18 heavy (non-hydrogen) atoms. The molecule has 2 heterocycles.